The molecule has 7 heteroatoms. The van der Waals surface area contributed by atoms with Crippen molar-refractivity contribution in [2.24, 2.45) is 0 Å². The van der Waals surface area contributed by atoms with Gasteiger partial charge in [-0.15, -0.1) is 0 Å². The number of carbonyl (C=O) groups is 1. The molecule has 1 amide bonds. The van der Waals surface area contributed by atoms with Crippen molar-refractivity contribution >= 4 is 27.6 Å². The Morgan fingerprint density at radius 1 is 1.14 bits per heavy atom. The molecule has 0 unspecified atom stereocenters. The number of ether oxygens (including phenoxy) is 2. The number of rotatable bonds is 6. The van der Waals surface area contributed by atoms with E-state index in [0.717, 1.165) is 43.6 Å². The smallest absolute Gasteiger partial charge is 0.344 e. The maximum Gasteiger partial charge on any atom is 0.344 e. The second kappa shape index (κ2) is 8.63. The van der Waals surface area contributed by atoms with Crippen LogP contribution in [-0.2, 0) is 9.53 Å². The Hall–Kier alpha value is -2.90. The molecule has 0 bridgehead atoms. The molecule has 2 N–H and O–H groups in total. The van der Waals surface area contributed by atoms with Gasteiger partial charge in [0.25, 0.3) is 5.91 Å². The monoisotopic (exact) mass is 397 g/mol. The molecule has 4 rings (SSSR count). The molecular formula is C22H25N2O5+. The number of benzene rings is 2. The van der Waals surface area contributed by atoms with Crippen molar-refractivity contribution in [2.75, 3.05) is 39.4 Å². The third kappa shape index (κ3) is 4.41. The van der Waals surface area contributed by atoms with Crippen LogP contribution >= 0.6 is 0 Å². The highest BCUT2D eigenvalue weighted by Crippen LogP contribution is 2.26. The van der Waals surface area contributed by atoms with Crippen LogP contribution in [0.5, 0.6) is 5.75 Å². The van der Waals surface area contributed by atoms with Gasteiger partial charge in [0, 0.05) is 11.5 Å². The van der Waals surface area contributed by atoms with E-state index in [1.54, 1.807) is 25.1 Å². The second-order valence-corrected chi connectivity index (χ2v) is 7.26. The predicted octanol–water partition coefficient (Wildman–Crippen LogP) is 0.745. The first-order valence-corrected chi connectivity index (χ1v) is 9.93. The molecule has 152 valence electrons. The van der Waals surface area contributed by atoms with Crippen LogP contribution in [0.2, 0.25) is 0 Å². The largest absolute Gasteiger partial charge is 0.481 e. The number of fused-ring (bicyclic) bond motifs is 3. The summed E-state index contributed by atoms with van der Waals surface area (Å²) in [5, 5.41) is 5.13. The average molecular weight is 397 g/mol. The average Bonchev–Trinajstić information content (AvgIpc) is 2.74. The van der Waals surface area contributed by atoms with Crippen LogP contribution in [0.3, 0.4) is 0 Å². The molecule has 1 atom stereocenters. The molecule has 3 aromatic rings. The van der Waals surface area contributed by atoms with Gasteiger partial charge in [0.2, 0.25) is 0 Å². The molecule has 2 aromatic carbocycles. The summed E-state index contributed by atoms with van der Waals surface area (Å²) in [6, 6.07) is 12.6. The lowest BCUT2D eigenvalue weighted by Gasteiger charge is -2.24. The number of quaternary nitrogens is 1. The van der Waals surface area contributed by atoms with Crippen molar-refractivity contribution in [3.63, 3.8) is 0 Å². The normalized spacial score (nSPS) is 16.0. The van der Waals surface area contributed by atoms with E-state index in [-0.39, 0.29) is 11.5 Å². The van der Waals surface area contributed by atoms with Gasteiger partial charge in [-0.25, -0.2) is 4.79 Å². The Balaban J connectivity index is 1.41. The van der Waals surface area contributed by atoms with E-state index in [0.29, 0.717) is 23.3 Å². The molecule has 0 aliphatic carbocycles. The molecule has 1 fully saturated rings. The van der Waals surface area contributed by atoms with Crippen LogP contribution in [0.15, 0.2) is 51.7 Å². The van der Waals surface area contributed by atoms with Gasteiger partial charge < -0.3 is 24.1 Å². The zero-order chi connectivity index (χ0) is 20.2. The number of hydrogen-bond donors (Lipinski definition) is 2. The minimum absolute atomic E-state index is 0.169. The molecule has 29 heavy (non-hydrogen) atoms. The maximum atomic E-state index is 12.3. The van der Waals surface area contributed by atoms with Gasteiger partial charge in [-0.1, -0.05) is 18.2 Å². The molecular weight excluding hydrogens is 372 g/mol. The highest BCUT2D eigenvalue weighted by molar-refractivity contribution is 6.04. The second-order valence-electron chi connectivity index (χ2n) is 7.26. The van der Waals surface area contributed by atoms with Crippen LogP contribution in [0.1, 0.15) is 6.92 Å². The minimum Gasteiger partial charge on any atom is -0.481 e. The highest BCUT2D eigenvalue weighted by atomic mass is 16.5. The van der Waals surface area contributed by atoms with Gasteiger partial charge in [0.15, 0.2) is 6.10 Å². The van der Waals surface area contributed by atoms with Gasteiger partial charge in [0.1, 0.15) is 24.4 Å². The van der Waals surface area contributed by atoms with Crippen molar-refractivity contribution in [3.05, 3.63) is 52.9 Å². The highest BCUT2D eigenvalue weighted by Gasteiger charge is 2.18. The summed E-state index contributed by atoms with van der Waals surface area (Å²) in [6.07, 6.45) is -0.653. The van der Waals surface area contributed by atoms with E-state index < -0.39 is 6.10 Å². The molecule has 1 saturated heterocycles. The maximum absolute atomic E-state index is 12.3. The van der Waals surface area contributed by atoms with Crippen molar-refractivity contribution in [2.45, 2.75) is 13.0 Å². The van der Waals surface area contributed by atoms with Gasteiger partial charge >= 0.3 is 5.63 Å². The third-order valence-electron chi connectivity index (χ3n) is 5.25. The van der Waals surface area contributed by atoms with Crippen molar-refractivity contribution in [1.82, 2.24) is 5.32 Å². The van der Waals surface area contributed by atoms with Gasteiger partial charge in [-0.05, 0) is 30.5 Å². The SMILES string of the molecule is C[C@H](Oc1ccc2c(c1)oc(=O)c1ccccc12)C(=O)NCC[NH+]1CCOCC1. The van der Waals surface area contributed by atoms with Crippen molar-refractivity contribution in [3.8, 4) is 5.75 Å². The number of nitrogens with one attached hydrogen (secondary N) is 2. The molecule has 1 aliphatic rings. The summed E-state index contributed by atoms with van der Waals surface area (Å²) in [5.74, 6) is 0.315. The Morgan fingerprint density at radius 3 is 2.69 bits per heavy atom. The molecule has 7 nitrogen and oxygen atoms in total. The first-order valence-electron chi connectivity index (χ1n) is 9.93. The molecule has 0 radical (unpaired) electrons. The van der Waals surface area contributed by atoms with Crippen LogP contribution < -0.4 is 20.6 Å². The zero-order valence-corrected chi connectivity index (χ0v) is 16.4. The van der Waals surface area contributed by atoms with Crippen LogP contribution in [-0.4, -0.2) is 51.4 Å². The first-order chi connectivity index (χ1) is 14.1. The van der Waals surface area contributed by atoms with Crippen LogP contribution in [0, 0.1) is 0 Å². The Kier molecular flexibility index (Phi) is 5.78. The number of morpholine rings is 1. The fraction of sp³-hybridized carbons (Fsp3) is 0.364. The van der Waals surface area contributed by atoms with Crippen LogP contribution in [0.4, 0.5) is 0 Å². The lowest BCUT2D eigenvalue weighted by Crippen LogP contribution is -3.14. The molecule has 0 saturated carbocycles. The molecule has 0 spiro atoms. The van der Waals surface area contributed by atoms with Crippen molar-refractivity contribution < 1.29 is 23.6 Å². The lowest BCUT2D eigenvalue weighted by atomic mass is 10.1. The summed E-state index contributed by atoms with van der Waals surface area (Å²) in [7, 11) is 0. The fourth-order valence-electron chi connectivity index (χ4n) is 3.61. The molecule has 1 aromatic heterocycles. The summed E-state index contributed by atoms with van der Waals surface area (Å²) in [6.45, 7) is 6.66. The number of amides is 1. The molecule has 2 heterocycles. The number of carbonyl (C=O) groups excluding carboxylic acids is 1. The Morgan fingerprint density at radius 2 is 1.90 bits per heavy atom. The minimum atomic E-state index is -0.653. The summed E-state index contributed by atoms with van der Waals surface area (Å²) in [5.41, 5.74) is 0.0522. The fourth-order valence-corrected chi connectivity index (χ4v) is 3.61. The van der Waals surface area contributed by atoms with Crippen LogP contribution in [0.25, 0.3) is 21.7 Å². The van der Waals surface area contributed by atoms with E-state index >= 15 is 0 Å². The molecule has 1 aliphatic heterocycles. The van der Waals surface area contributed by atoms with E-state index in [9.17, 15) is 9.59 Å². The summed E-state index contributed by atoms with van der Waals surface area (Å²) in [4.78, 5) is 26.0. The first kappa shape index (κ1) is 19.4. The Bertz CT molecular complexity index is 1070. The lowest BCUT2D eigenvalue weighted by molar-refractivity contribution is -0.906. The van der Waals surface area contributed by atoms with E-state index in [1.165, 1.54) is 4.90 Å². The third-order valence-corrected chi connectivity index (χ3v) is 5.25. The van der Waals surface area contributed by atoms with Gasteiger partial charge in [-0.3, -0.25) is 4.79 Å². The van der Waals surface area contributed by atoms with Gasteiger partial charge in [-0.2, -0.15) is 0 Å². The van der Waals surface area contributed by atoms with E-state index in [4.69, 9.17) is 13.9 Å². The van der Waals surface area contributed by atoms with E-state index in [2.05, 4.69) is 5.32 Å². The van der Waals surface area contributed by atoms with Gasteiger partial charge in [0.05, 0.1) is 31.7 Å². The Labute approximate surface area is 168 Å². The standard InChI is InChI=1S/C22H24N2O5/c1-15(21(25)23-8-9-24-10-12-27-13-11-24)28-16-6-7-18-17-4-2-3-5-19(17)22(26)29-20(18)14-16/h2-7,14-15H,8-13H2,1H3,(H,23,25)/p+1/t15-/m0/s1. The topological polar surface area (TPSA) is 82.2 Å². The quantitative estimate of drug-likeness (QED) is 0.474. The predicted molar refractivity (Wildman–Crippen MR) is 109 cm³/mol. The van der Waals surface area contributed by atoms with E-state index in [1.807, 2.05) is 24.3 Å². The van der Waals surface area contributed by atoms with Crippen molar-refractivity contribution in [1.29, 1.82) is 0 Å². The summed E-state index contributed by atoms with van der Waals surface area (Å²) >= 11 is 0. The zero-order valence-electron chi connectivity index (χ0n) is 16.4. The number of hydrogen-bond acceptors (Lipinski definition) is 5. The summed E-state index contributed by atoms with van der Waals surface area (Å²) < 4.78 is 16.6.